The normalized spacial score (nSPS) is 12.2. The fraction of sp³-hybridized carbons (Fsp3) is 0.562. The monoisotopic (exact) mass is 340 g/mol. The molecule has 0 spiro atoms. The van der Waals surface area contributed by atoms with Crippen LogP contribution in [0.1, 0.15) is 47.2 Å². The number of carbonyl (C=O) groups is 2. The first kappa shape index (κ1) is 19.2. The minimum Gasteiger partial charge on any atom is -0.462 e. The molecular weight excluding hydrogens is 316 g/mol. The molecule has 1 amide bonds. The van der Waals surface area contributed by atoms with Crippen LogP contribution in [0.5, 0.6) is 0 Å². The topological polar surface area (TPSA) is 77.5 Å². The fourth-order valence-corrected chi connectivity index (χ4v) is 2.34. The average Bonchev–Trinajstić information content (AvgIpc) is 2.81. The molecule has 1 aromatic rings. The van der Waals surface area contributed by atoms with Gasteiger partial charge >= 0.3 is 12.1 Å². The number of nitrogens with zero attached hydrogens (tertiary/aromatic N) is 1. The van der Waals surface area contributed by atoms with Crippen molar-refractivity contribution in [2.24, 2.45) is 5.92 Å². The predicted molar refractivity (Wildman–Crippen MR) is 91.4 cm³/mol. The summed E-state index contributed by atoms with van der Waals surface area (Å²) < 4.78 is 10.2. The van der Waals surface area contributed by atoms with Gasteiger partial charge in [-0.1, -0.05) is 19.9 Å². The average molecular weight is 340 g/mol. The zero-order valence-corrected chi connectivity index (χ0v) is 15.2. The number of thiazole rings is 1. The van der Waals surface area contributed by atoms with Crippen molar-refractivity contribution in [1.29, 1.82) is 0 Å². The van der Waals surface area contributed by atoms with E-state index in [-0.39, 0.29) is 5.92 Å². The molecule has 0 radical (unpaired) electrons. The van der Waals surface area contributed by atoms with Crippen LogP contribution in [0.4, 0.5) is 9.93 Å². The lowest BCUT2D eigenvalue weighted by Gasteiger charge is -2.18. The van der Waals surface area contributed by atoms with E-state index in [2.05, 4.69) is 10.3 Å². The van der Waals surface area contributed by atoms with Gasteiger partial charge in [0.15, 0.2) is 5.13 Å². The van der Waals surface area contributed by atoms with E-state index < -0.39 is 17.7 Å². The third-order valence-corrected chi connectivity index (χ3v) is 3.14. The Morgan fingerprint density at radius 3 is 2.57 bits per heavy atom. The summed E-state index contributed by atoms with van der Waals surface area (Å²) in [6, 6.07) is 0. The summed E-state index contributed by atoms with van der Waals surface area (Å²) >= 11 is 1.22. The zero-order valence-electron chi connectivity index (χ0n) is 14.4. The molecule has 7 heteroatoms. The number of amides is 1. The lowest BCUT2D eigenvalue weighted by atomic mass is 10.1. The van der Waals surface area contributed by atoms with Gasteiger partial charge < -0.3 is 9.47 Å². The minimum absolute atomic E-state index is 0.165. The molecule has 1 heterocycles. The number of nitrogens with one attached hydrogen (secondary N) is 1. The summed E-state index contributed by atoms with van der Waals surface area (Å²) in [5.74, 6) is -0.256. The Balaban J connectivity index is 2.91. The lowest BCUT2D eigenvalue weighted by molar-refractivity contribution is -0.136. The standard InChI is InChI=1S/C16H24N2O4S/c1-7-21-13(19)11(8-10(2)3)12-9-23-14(17-12)18-15(20)22-16(4,5)6/h8-10H,7H2,1-6H3,(H,17,18,20)/b11-8-. The van der Waals surface area contributed by atoms with Crippen LogP contribution in [0.25, 0.3) is 5.57 Å². The predicted octanol–water partition coefficient (Wildman–Crippen LogP) is 4.09. The van der Waals surface area contributed by atoms with Crippen LogP contribution in [-0.2, 0) is 14.3 Å². The van der Waals surface area contributed by atoms with Crippen LogP contribution in [0.2, 0.25) is 0 Å². The molecule has 1 N–H and O–H groups in total. The third-order valence-electron chi connectivity index (χ3n) is 2.38. The maximum Gasteiger partial charge on any atom is 0.413 e. The van der Waals surface area contributed by atoms with Gasteiger partial charge in [-0.15, -0.1) is 11.3 Å². The molecule has 0 aliphatic heterocycles. The van der Waals surface area contributed by atoms with E-state index in [1.54, 1.807) is 39.2 Å². The van der Waals surface area contributed by atoms with E-state index in [9.17, 15) is 9.59 Å². The Kier molecular flexibility index (Phi) is 6.75. The Labute approximate surface area is 140 Å². The van der Waals surface area contributed by atoms with Crippen molar-refractivity contribution in [2.75, 3.05) is 11.9 Å². The molecule has 1 aromatic heterocycles. The van der Waals surface area contributed by atoms with Gasteiger partial charge in [-0.25, -0.2) is 14.6 Å². The summed E-state index contributed by atoms with van der Waals surface area (Å²) in [7, 11) is 0. The van der Waals surface area contributed by atoms with Gasteiger partial charge in [-0.3, -0.25) is 5.32 Å². The number of rotatable bonds is 5. The molecule has 0 bridgehead atoms. The number of hydrogen-bond donors (Lipinski definition) is 1. The second-order valence-corrected chi connectivity index (χ2v) is 7.07. The summed E-state index contributed by atoms with van der Waals surface area (Å²) in [4.78, 5) is 28.1. The van der Waals surface area contributed by atoms with E-state index in [1.807, 2.05) is 13.8 Å². The molecule has 0 saturated carbocycles. The van der Waals surface area contributed by atoms with Gasteiger partial charge in [0.25, 0.3) is 0 Å². The Morgan fingerprint density at radius 1 is 1.39 bits per heavy atom. The zero-order chi connectivity index (χ0) is 17.6. The number of ether oxygens (including phenoxy) is 2. The number of esters is 1. The molecule has 0 atom stereocenters. The second kappa shape index (κ2) is 8.10. The van der Waals surface area contributed by atoms with Gasteiger partial charge in [0.05, 0.1) is 17.9 Å². The van der Waals surface area contributed by atoms with Crippen molar-refractivity contribution in [3.05, 3.63) is 17.2 Å². The second-order valence-electron chi connectivity index (χ2n) is 6.21. The van der Waals surface area contributed by atoms with Crippen LogP contribution in [0, 0.1) is 5.92 Å². The van der Waals surface area contributed by atoms with Gasteiger partial charge in [-0.2, -0.15) is 0 Å². The van der Waals surface area contributed by atoms with E-state index in [0.29, 0.717) is 23.0 Å². The third kappa shape index (κ3) is 6.81. The first-order valence-corrected chi connectivity index (χ1v) is 8.35. The van der Waals surface area contributed by atoms with Gasteiger partial charge in [-0.05, 0) is 33.6 Å². The SMILES string of the molecule is CCOC(=O)/C(=C\C(C)C)c1csc(NC(=O)OC(C)(C)C)n1. The van der Waals surface area contributed by atoms with Crippen LogP contribution >= 0.6 is 11.3 Å². The van der Waals surface area contributed by atoms with Crippen molar-refractivity contribution < 1.29 is 19.1 Å². The molecule has 6 nitrogen and oxygen atoms in total. The maximum absolute atomic E-state index is 12.1. The molecule has 1 rings (SSSR count). The van der Waals surface area contributed by atoms with E-state index in [1.165, 1.54) is 11.3 Å². The number of carbonyl (C=O) groups excluding carboxylic acids is 2. The summed E-state index contributed by atoms with van der Waals surface area (Å²) in [5.41, 5.74) is 0.293. The van der Waals surface area contributed by atoms with Crippen molar-refractivity contribution >= 4 is 34.1 Å². The van der Waals surface area contributed by atoms with Crippen molar-refractivity contribution in [2.45, 2.75) is 47.1 Å². The molecule has 0 fully saturated rings. The van der Waals surface area contributed by atoms with E-state index >= 15 is 0 Å². The van der Waals surface area contributed by atoms with Crippen molar-refractivity contribution in [3.8, 4) is 0 Å². The number of anilines is 1. The van der Waals surface area contributed by atoms with Gasteiger partial charge in [0.2, 0.25) is 0 Å². The summed E-state index contributed by atoms with van der Waals surface area (Å²) in [6.07, 6.45) is 1.22. The summed E-state index contributed by atoms with van der Waals surface area (Å²) in [6.45, 7) is 11.3. The molecule has 0 aromatic carbocycles. The van der Waals surface area contributed by atoms with E-state index in [4.69, 9.17) is 9.47 Å². The highest BCUT2D eigenvalue weighted by Gasteiger charge is 2.20. The number of hydrogen-bond acceptors (Lipinski definition) is 6. The first-order chi connectivity index (χ1) is 10.6. The van der Waals surface area contributed by atoms with Crippen molar-refractivity contribution in [1.82, 2.24) is 4.98 Å². The van der Waals surface area contributed by atoms with Crippen LogP contribution < -0.4 is 5.32 Å². The highest BCUT2D eigenvalue weighted by atomic mass is 32.1. The van der Waals surface area contributed by atoms with Gasteiger partial charge in [0.1, 0.15) is 5.60 Å². The van der Waals surface area contributed by atoms with Crippen LogP contribution in [0.3, 0.4) is 0 Å². The van der Waals surface area contributed by atoms with Crippen molar-refractivity contribution in [3.63, 3.8) is 0 Å². The molecule has 0 saturated heterocycles. The highest BCUT2D eigenvalue weighted by Crippen LogP contribution is 2.24. The molecule has 0 aliphatic rings. The Bertz CT molecular complexity index is 585. The minimum atomic E-state index is -0.586. The number of aromatic nitrogens is 1. The smallest absolute Gasteiger partial charge is 0.413 e. The van der Waals surface area contributed by atoms with E-state index in [0.717, 1.165) is 0 Å². The molecule has 128 valence electrons. The molecular formula is C16H24N2O4S. The fourth-order valence-electron chi connectivity index (χ4n) is 1.65. The largest absolute Gasteiger partial charge is 0.462 e. The first-order valence-electron chi connectivity index (χ1n) is 7.47. The molecule has 23 heavy (non-hydrogen) atoms. The van der Waals surface area contributed by atoms with Gasteiger partial charge in [0, 0.05) is 5.38 Å². The van der Waals surface area contributed by atoms with Crippen LogP contribution in [0.15, 0.2) is 11.5 Å². The highest BCUT2D eigenvalue weighted by molar-refractivity contribution is 7.14. The quantitative estimate of drug-likeness (QED) is 0.645. The summed E-state index contributed by atoms with van der Waals surface area (Å²) in [5, 5.41) is 4.64. The maximum atomic E-state index is 12.1. The molecule has 0 unspecified atom stereocenters. The Hall–Kier alpha value is -1.89. The lowest BCUT2D eigenvalue weighted by Crippen LogP contribution is -2.27. The molecule has 0 aliphatic carbocycles. The van der Waals surface area contributed by atoms with Crippen LogP contribution in [-0.4, -0.2) is 29.3 Å². The Morgan fingerprint density at radius 2 is 2.04 bits per heavy atom. The number of allylic oxidation sites excluding steroid dienone is 1.